The van der Waals surface area contributed by atoms with Crippen molar-refractivity contribution >= 4 is 11.3 Å². The molecule has 0 radical (unpaired) electrons. The zero-order valence-corrected chi connectivity index (χ0v) is 7.50. The first kappa shape index (κ1) is 9.66. The van der Waals surface area contributed by atoms with Crippen molar-refractivity contribution in [3.8, 4) is 0 Å². The molecule has 58 valence electrons. The SMILES string of the molecule is CCc1ccsc1CC.N. The Morgan fingerprint density at radius 2 is 2.00 bits per heavy atom. The molecule has 0 aliphatic rings. The van der Waals surface area contributed by atoms with E-state index in [1.165, 1.54) is 18.4 Å². The van der Waals surface area contributed by atoms with Crippen LogP contribution in [0.4, 0.5) is 0 Å². The van der Waals surface area contributed by atoms with E-state index in [-0.39, 0.29) is 6.15 Å². The van der Waals surface area contributed by atoms with Gasteiger partial charge in [0.25, 0.3) is 0 Å². The molecule has 0 aliphatic heterocycles. The van der Waals surface area contributed by atoms with Gasteiger partial charge in [-0.1, -0.05) is 13.8 Å². The standard InChI is InChI=1S/C8H12S.H3N/c1-3-7-5-6-9-8(7)4-2;/h5-6H,3-4H2,1-2H3;1H3. The highest BCUT2D eigenvalue weighted by Crippen LogP contribution is 2.16. The average Bonchev–Trinajstić information content (AvgIpc) is 2.33. The fourth-order valence-corrected chi connectivity index (χ4v) is 1.92. The summed E-state index contributed by atoms with van der Waals surface area (Å²) in [5, 5.41) is 2.18. The molecule has 3 N–H and O–H groups in total. The van der Waals surface area contributed by atoms with E-state index < -0.39 is 0 Å². The van der Waals surface area contributed by atoms with Crippen LogP contribution in [0.2, 0.25) is 0 Å². The summed E-state index contributed by atoms with van der Waals surface area (Å²) in [7, 11) is 0. The van der Waals surface area contributed by atoms with E-state index in [0.29, 0.717) is 0 Å². The number of aryl methyl sites for hydroxylation is 2. The van der Waals surface area contributed by atoms with Gasteiger partial charge in [0.1, 0.15) is 0 Å². The van der Waals surface area contributed by atoms with Gasteiger partial charge in [-0.25, -0.2) is 0 Å². The van der Waals surface area contributed by atoms with Crippen LogP contribution in [0.3, 0.4) is 0 Å². The first-order chi connectivity index (χ1) is 4.38. The van der Waals surface area contributed by atoms with Gasteiger partial charge in [0, 0.05) is 4.88 Å². The highest BCUT2D eigenvalue weighted by atomic mass is 32.1. The van der Waals surface area contributed by atoms with E-state index in [9.17, 15) is 0 Å². The second-order valence-electron chi connectivity index (χ2n) is 2.08. The molecule has 0 aromatic carbocycles. The third-order valence-corrected chi connectivity index (χ3v) is 2.65. The predicted octanol–water partition coefficient (Wildman–Crippen LogP) is 3.03. The van der Waals surface area contributed by atoms with E-state index in [0.717, 1.165) is 0 Å². The molecule has 0 fully saturated rings. The zero-order valence-electron chi connectivity index (χ0n) is 6.68. The van der Waals surface area contributed by atoms with Crippen molar-refractivity contribution < 1.29 is 0 Å². The van der Waals surface area contributed by atoms with Gasteiger partial charge in [-0.3, -0.25) is 0 Å². The first-order valence-corrected chi connectivity index (χ1v) is 4.31. The van der Waals surface area contributed by atoms with E-state index in [2.05, 4.69) is 25.3 Å². The molecule has 0 bridgehead atoms. The molecule has 0 saturated heterocycles. The van der Waals surface area contributed by atoms with E-state index in [1.807, 2.05) is 11.3 Å². The lowest BCUT2D eigenvalue weighted by molar-refractivity contribution is 1.07. The highest BCUT2D eigenvalue weighted by molar-refractivity contribution is 7.10. The summed E-state index contributed by atoms with van der Waals surface area (Å²) in [5.41, 5.74) is 1.53. The second-order valence-corrected chi connectivity index (χ2v) is 3.08. The summed E-state index contributed by atoms with van der Waals surface area (Å²) >= 11 is 1.87. The molecule has 2 heteroatoms. The zero-order chi connectivity index (χ0) is 6.69. The summed E-state index contributed by atoms with van der Waals surface area (Å²) in [6.45, 7) is 4.42. The molecule has 1 aromatic heterocycles. The van der Waals surface area contributed by atoms with Gasteiger partial charge in [0.15, 0.2) is 0 Å². The molecule has 0 spiro atoms. The predicted molar refractivity (Wildman–Crippen MR) is 48.1 cm³/mol. The largest absolute Gasteiger partial charge is 0.344 e. The quantitative estimate of drug-likeness (QED) is 0.703. The summed E-state index contributed by atoms with van der Waals surface area (Å²) < 4.78 is 0. The molecule has 10 heavy (non-hydrogen) atoms. The van der Waals surface area contributed by atoms with Crippen LogP contribution in [0.5, 0.6) is 0 Å². The van der Waals surface area contributed by atoms with E-state index in [1.54, 1.807) is 4.88 Å². The first-order valence-electron chi connectivity index (χ1n) is 3.43. The molecule has 0 saturated carbocycles. The van der Waals surface area contributed by atoms with Crippen LogP contribution in [-0.2, 0) is 12.8 Å². The maximum absolute atomic E-state index is 2.23. The van der Waals surface area contributed by atoms with Crippen LogP contribution in [0.1, 0.15) is 24.3 Å². The molecular weight excluding hydrogens is 142 g/mol. The lowest BCUT2D eigenvalue weighted by atomic mass is 10.2. The van der Waals surface area contributed by atoms with Gasteiger partial charge in [-0.15, -0.1) is 11.3 Å². The number of thiophene rings is 1. The molecule has 1 aromatic rings. The Labute approximate surface area is 66.7 Å². The second kappa shape index (κ2) is 4.47. The molecule has 0 unspecified atom stereocenters. The van der Waals surface area contributed by atoms with Crippen LogP contribution >= 0.6 is 11.3 Å². The Morgan fingerprint density at radius 3 is 2.40 bits per heavy atom. The van der Waals surface area contributed by atoms with Gasteiger partial charge in [-0.05, 0) is 29.9 Å². The van der Waals surface area contributed by atoms with Crippen molar-refractivity contribution in [3.63, 3.8) is 0 Å². The maximum atomic E-state index is 2.23. The van der Waals surface area contributed by atoms with E-state index >= 15 is 0 Å². The van der Waals surface area contributed by atoms with Gasteiger partial charge >= 0.3 is 0 Å². The number of hydrogen-bond acceptors (Lipinski definition) is 2. The topological polar surface area (TPSA) is 35.0 Å². The normalized spacial score (nSPS) is 9.00. The van der Waals surface area contributed by atoms with Crippen molar-refractivity contribution in [2.24, 2.45) is 0 Å². The Bertz CT molecular complexity index is 163. The van der Waals surface area contributed by atoms with Gasteiger partial charge in [0.2, 0.25) is 0 Å². The van der Waals surface area contributed by atoms with Crippen molar-refractivity contribution in [1.82, 2.24) is 6.15 Å². The summed E-state index contributed by atoms with van der Waals surface area (Å²) in [6, 6.07) is 2.23. The summed E-state index contributed by atoms with van der Waals surface area (Å²) in [5.74, 6) is 0. The molecule has 1 heterocycles. The molecule has 0 aliphatic carbocycles. The number of hydrogen-bond donors (Lipinski definition) is 1. The lowest BCUT2D eigenvalue weighted by Crippen LogP contribution is -1.80. The smallest absolute Gasteiger partial charge is 0.00743 e. The van der Waals surface area contributed by atoms with E-state index in [4.69, 9.17) is 0 Å². The fraction of sp³-hybridized carbons (Fsp3) is 0.500. The van der Waals surface area contributed by atoms with Crippen LogP contribution in [-0.4, -0.2) is 0 Å². The molecule has 1 rings (SSSR count). The third kappa shape index (κ3) is 1.82. The van der Waals surface area contributed by atoms with Crippen molar-refractivity contribution in [2.45, 2.75) is 26.7 Å². The lowest BCUT2D eigenvalue weighted by Gasteiger charge is -1.93. The monoisotopic (exact) mass is 157 g/mol. The van der Waals surface area contributed by atoms with Crippen LogP contribution in [0, 0.1) is 0 Å². The maximum Gasteiger partial charge on any atom is 0.00743 e. The minimum Gasteiger partial charge on any atom is -0.344 e. The van der Waals surface area contributed by atoms with Crippen LogP contribution < -0.4 is 6.15 Å². The Kier molecular flexibility index (Phi) is 4.32. The Balaban J connectivity index is 0.000000810. The summed E-state index contributed by atoms with van der Waals surface area (Å²) in [6.07, 6.45) is 2.38. The Morgan fingerprint density at radius 1 is 1.30 bits per heavy atom. The van der Waals surface area contributed by atoms with Crippen molar-refractivity contribution in [2.75, 3.05) is 0 Å². The Hall–Kier alpha value is -0.340. The molecule has 0 atom stereocenters. The minimum absolute atomic E-state index is 0. The average molecular weight is 157 g/mol. The van der Waals surface area contributed by atoms with Gasteiger partial charge in [-0.2, -0.15) is 0 Å². The van der Waals surface area contributed by atoms with Crippen molar-refractivity contribution in [1.29, 1.82) is 0 Å². The van der Waals surface area contributed by atoms with Crippen molar-refractivity contribution in [3.05, 3.63) is 21.9 Å². The van der Waals surface area contributed by atoms with Crippen LogP contribution in [0.25, 0.3) is 0 Å². The fourth-order valence-electron chi connectivity index (χ4n) is 0.992. The van der Waals surface area contributed by atoms with Gasteiger partial charge in [0.05, 0.1) is 0 Å². The summed E-state index contributed by atoms with van der Waals surface area (Å²) in [4.78, 5) is 1.55. The molecule has 0 amide bonds. The molecule has 1 nitrogen and oxygen atoms in total. The van der Waals surface area contributed by atoms with Gasteiger partial charge < -0.3 is 6.15 Å². The number of rotatable bonds is 2. The molecular formula is C8H15NS. The van der Waals surface area contributed by atoms with Crippen LogP contribution in [0.15, 0.2) is 11.4 Å². The minimum atomic E-state index is 0. The highest BCUT2D eigenvalue weighted by Gasteiger charge is 1.96. The third-order valence-electron chi connectivity index (χ3n) is 1.54.